The molecule has 0 bridgehead atoms. The van der Waals surface area contributed by atoms with Gasteiger partial charge in [-0.2, -0.15) is 0 Å². The third kappa shape index (κ3) is 4.35. The summed E-state index contributed by atoms with van der Waals surface area (Å²) >= 11 is 0. The quantitative estimate of drug-likeness (QED) is 0.721. The third-order valence-electron chi connectivity index (χ3n) is 4.04. The first-order valence-electron chi connectivity index (χ1n) is 8.33. The van der Waals surface area contributed by atoms with E-state index in [1.165, 1.54) is 12.1 Å². The number of halogens is 1. The van der Waals surface area contributed by atoms with Gasteiger partial charge in [-0.3, -0.25) is 4.79 Å². The second kappa shape index (κ2) is 7.79. The number of rotatable bonds is 6. The first-order chi connectivity index (χ1) is 12.2. The van der Waals surface area contributed by atoms with E-state index in [0.29, 0.717) is 18.7 Å². The zero-order valence-corrected chi connectivity index (χ0v) is 14.0. The van der Waals surface area contributed by atoms with Crippen molar-refractivity contribution in [3.8, 4) is 5.75 Å². The van der Waals surface area contributed by atoms with E-state index in [0.717, 1.165) is 16.3 Å². The van der Waals surface area contributed by atoms with E-state index in [9.17, 15) is 9.18 Å². The van der Waals surface area contributed by atoms with Gasteiger partial charge < -0.3 is 10.1 Å². The number of nitrogens with one attached hydrogen (secondary N) is 1. The molecule has 25 heavy (non-hydrogen) atoms. The maximum absolute atomic E-state index is 12.9. The number of hydrogen-bond acceptors (Lipinski definition) is 2. The van der Waals surface area contributed by atoms with E-state index in [4.69, 9.17) is 4.74 Å². The van der Waals surface area contributed by atoms with Crippen molar-refractivity contribution in [3.63, 3.8) is 0 Å². The maximum Gasteiger partial charge on any atom is 0.261 e. The van der Waals surface area contributed by atoms with Gasteiger partial charge in [0.2, 0.25) is 0 Å². The smallest absolute Gasteiger partial charge is 0.261 e. The monoisotopic (exact) mass is 337 g/mol. The van der Waals surface area contributed by atoms with Crippen LogP contribution in [0, 0.1) is 5.82 Å². The fourth-order valence-corrected chi connectivity index (χ4v) is 2.63. The highest BCUT2D eigenvalue weighted by Crippen LogP contribution is 2.22. The van der Waals surface area contributed by atoms with E-state index in [1.54, 1.807) is 12.1 Å². The fourth-order valence-electron chi connectivity index (χ4n) is 2.63. The lowest BCUT2D eigenvalue weighted by atomic mass is 10.1. The molecule has 3 aromatic rings. The van der Waals surface area contributed by atoms with Crippen molar-refractivity contribution in [2.24, 2.45) is 0 Å². The molecule has 1 N–H and O–H groups in total. The van der Waals surface area contributed by atoms with E-state index < -0.39 is 6.10 Å². The number of fused-ring (bicyclic) bond motifs is 1. The minimum absolute atomic E-state index is 0.181. The lowest BCUT2D eigenvalue weighted by Crippen LogP contribution is -2.37. The molecule has 0 heterocycles. The number of carbonyl (C=O) groups is 1. The van der Waals surface area contributed by atoms with Gasteiger partial charge in [0.05, 0.1) is 0 Å². The number of benzene rings is 3. The van der Waals surface area contributed by atoms with Crippen LogP contribution in [0.25, 0.3) is 10.8 Å². The SMILES string of the molecule is CC[C@@H](Oc1ccc2ccccc2c1)C(=O)NCc1ccc(F)cc1. The number of amides is 1. The van der Waals surface area contributed by atoms with Gasteiger partial charge in [0.1, 0.15) is 11.6 Å². The summed E-state index contributed by atoms with van der Waals surface area (Å²) in [5.41, 5.74) is 0.843. The first-order valence-corrected chi connectivity index (χ1v) is 8.33. The van der Waals surface area contributed by atoms with Crippen LogP contribution in [0.5, 0.6) is 5.75 Å². The second-order valence-corrected chi connectivity index (χ2v) is 5.87. The summed E-state index contributed by atoms with van der Waals surface area (Å²) in [6.45, 7) is 2.25. The molecule has 1 amide bonds. The van der Waals surface area contributed by atoms with Crippen LogP contribution < -0.4 is 10.1 Å². The van der Waals surface area contributed by atoms with Crippen LogP contribution in [0.3, 0.4) is 0 Å². The molecule has 1 atom stereocenters. The molecule has 0 unspecified atom stereocenters. The van der Waals surface area contributed by atoms with Crippen LogP contribution in [0.15, 0.2) is 66.7 Å². The van der Waals surface area contributed by atoms with Crippen molar-refractivity contribution < 1.29 is 13.9 Å². The maximum atomic E-state index is 12.9. The lowest BCUT2D eigenvalue weighted by Gasteiger charge is -2.17. The average Bonchev–Trinajstić information content (AvgIpc) is 2.65. The van der Waals surface area contributed by atoms with Crippen molar-refractivity contribution in [3.05, 3.63) is 78.1 Å². The predicted octanol–water partition coefficient (Wildman–Crippen LogP) is 4.45. The molecule has 0 aliphatic rings. The molecule has 0 spiro atoms. The summed E-state index contributed by atoms with van der Waals surface area (Å²) in [6, 6.07) is 19.9. The van der Waals surface area contributed by atoms with Crippen LogP contribution in [-0.4, -0.2) is 12.0 Å². The van der Waals surface area contributed by atoms with Gasteiger partial charge >= 0.3 is 0 Å². The van der Waals surface area contributed by atoms with Gasteiger partial charge in [-0.25, -0.2) is 4.39 Å². The molecule has 0 aromatic heterocycles. The van der Waals surface area contributed by atoms with Crippen molar-refractivity contribution >= 4 is 16.7 Å². The summed E-state index contributed by atoms with van der Waals surface area (Å²) < 4.78 is 18.8. The highest BCUT2D eigenvalue weighted by molar-refractivity contribution is 5.84. The summed E-state index contributed by atoms with van der Waals surface area (Å²) in [5.74, 6) is 0.198. The Balaban J connectivity index is 1.64. The Morgan fingerprint density at radius 1 is 1.04 bits per heavy atom. The van der Waals surface area contributed by atoms with Crippen LogP contribution in [0.1, 0.15) is 18.9 Å². The Morgan fingerprint density at radius 3 is 2.48 bits per heavy atom. The van der Waals surface area contributed by atoms with Crippen LogP contribution in [0.4, 0.5) is 4.39 Å². The second-order valence-electron chi connectivity index (χ2n) is 5.87. The van der Waals surface area contributed by atoms with Gasteiger partial charge in [-0.15, -0.1) is 0 Å². The van der Waals surface area contributed by atoms with E-state index in [-0.39, 0.29) is 11.7 Å². The van der Waals surface area contributed by atoms with Crippen LogP contribution >= 0.6 is 0 Å². The molecule has 0 saturated carbocycles. The molecule has 0 saturated heterocycles. The third-order valence-corrected chi connectivity index (χ3v) is 4.04. The molecule has 0 aliphatic carbocycles. The lowest BCUT2D eigenvalue weighted by molar-refractivity contribution is -0.128. The van der Waals surface area contributed by atoms with Gasteiger partial charge in [0.15, 0.2) is 6.10 Å². The predicted molar refractivity (Wildman–Crippen MR) is 96.9 cm³/mol. The Bertz CT molecular complexity index is 861. The standard InChI is InChI=1S/C21H20FNO2/c1-2-20(21(24)23-14-15-7-10-18(22)11-8-15)25-19-12-9-16-5-3-4-6-17(16)13-19/h3-13,20H,2,14H2,1H3,(H,23,24)/t20-/m1/s1. The number of hydrogen-bond donors (Lipinski definition) is 1. The Morgan fingerprint density at radius 2 is 1.76 bits per heavy atom. The topological polar surface area (TPSA) is 38.3 Å². The number of carbonyl (C=O) groups excluding carboxylic acids is 1. The van der Waals surface area contributed by atoms with E-state index in [1.807, 2.05) is 49.4 Å². The van der Waals surface area contributed by atoms with Crippen LogP contribution in [-0.2, 0) is 11.3 Å². The molecule has 0 radical (unpaired) electrons. The van der Waals surface area contributed by atoms with Crippen LogP contribution in [0.2, 0.25) is 0 Å². The summed E-state index contributed by atoms with van der Waals surface area (Å²) in [7, 11) is 0. The summed E-state index contributed by atoms with van der Waals surface area (Å²) in [4.78, 5) is 12.4. The van der Waals surface area contributed by atoms with Crippen molar-refractivity contribution in [2.45, 2.75) is 26.0 Å². The molecule has 3 rings (SSSR count). The van der Waals surface area contributed by atoms with Crippen molar-refractivity contribution in [1.82, 2.24) is 5.32 Å². The molecule has 128 valence electrons. The van der Waals surface area contributed by atoms with Crippen molar-refractivity contribution in [1.29, 1.82) is 0 Å². The molecule has 3 nitrogen and oxygen atoms in total. The molecular weight excluding hydrogens is 317 g/mol. The van der Waals surface area contributed by atoms with Gasteiger partial charge in [-0.1, -0.05) is 49.4 Å². The summed E-state index contributed by atoms with van der Waals surface area (Å²) in [5, 5.41) is 5.04. The molecule has 3 aromatic carbocycles. The normalized spacial score (nSPS) is 11.9. The molecule has 4 heteroatoms. The molecule has 0 aliphatic heterocycles. The average molecular weight is 337 g/mol. The van der Waals surface area contributed by atoms with Gasteiger partial charge in [0, 0.05) is 6.54 Å². The first kappa shape index (κ1) is 17.0. The highest BCUT2D eigenvalue weighted by Gasteiger charge is 2.18. The van der Waals surface area contributed by atoms with Gasteiger partial charge in [-0.05, 0) is 47.0 Å². The molecular formula is C21H20FNO2. The zero-order chi connectivity index (χ0) is 17.6. The minimum atomic E-state index is -0.568. The zero-order valence-electron chi connectivity index (χ0n) is 14.0. The molecule has 0 fully saturated rings. The van der Waals surface area contributed by atoms with Crippen molar-refractivity contribution in [2.75, 3.05) is 0 Å². The van der Waals surface area contributed by atoms with E-state index >= 15 is 0 Å². The minimum Gasteiger partial charge on any atom is -0.481 e. The Labute approximate surface area is 146 Å². The summed E-state index contributed by atoms with van der Waals surface area (Å²) in [6.07, 6.45) is -0.0103. The fraction of sp³-hybridized carbons (Fsp3) is 0.190. The van der Waals surface area contributed by atoms with E-state index in [2.05, 4.69) is 5.32 Å². The Hall–Kier alpha value is -2.88. The van der Waals surface area contributed by atoms with Gasteiger partial charge in [0.25, 0.3) is 5.91 Å². The Kier molecular flexibility index (Phi) is 5.29. The largest absolute Gasteiger partial charge is 0.481 e. The highest BCUT2D eigenvalue weighted by atomic mass is 19.1. The number of ether oxygens (including phenoxy) is 1.